The van der Waals surface area contributed by atoms with Gasteiger partial charge in [-0.2, -0.15) is 5.10 Å². The van der Waals surface area contributed by atoms with E-state index in [-0.39, 0.29) is 6.61 Å². The van der Waals surface area contributed by atoms with Gasteiger partial charge in [0.05, 0.1) is 19.8 Å². The van der Waals surface area contributed by atoms with Crippen LogP contribution in [0, 0.1) is 0 Å². The van der Waals surface area contributed by atoms with Crippen LogP contribution in [-0.4, -0.2) is 58.2 Å². The summed E-state index contributed by atoms with van der Waals surface area (Å²) < 4.78 is 6.96. The van der Waals surface area contributed by atoms with Crippen LogP contribution in [0.2, 0.25) is 0 Å². The largest absolute Gasteiger partial charge is 0.395 e. The lowest BCUT2D eigenvalue weighted by Crippen LogP contribution is -2.31. The number of aliphatic hydroxyl groups is 1. The molecule has 6 heteroatoms. The molecular formula is C11H22N4O2. The van der Waals surface area contributed by atoms with E-state index in [1.165, 1.54) is 0 Å². The van der Waals surface area contributed by atoms with Gasteiger partial charge < -0.3 is 9.84 Å². The Kier molecular flexibility index (Phi) is 6.76. The summed E-state index contributed by atoms with van der Waals surface area (Å²) in [6.07, 6.45) is 2.62. The summed E-state index contributed by atoms with van der Waals surface area (Å²) in [7, 11) is 1.68. The number of hydrogen-bond donors (Lipinski definition) is 1. The van der Waals surface area contributed by atoms with Crippen molar-refractivity contribution in [3.8, 4) is 0 Å². The van der Waals surface area contributed by atoms with Gasteiger partial charge in [0, 0.05) is 26.7 Å². The maximum absolute atomic E-state index is 9.01. The number of ether oxygens (including phenoxy) is 1. The molecule has 0 saturated carbocycles. The van der Waals surface area contributed by atoms with Gasteiger partial charge in [-0.1, -0.05) is 6.92 Å². The average molecular weight is 242 g/mol. The molecule has 0 radical (unpaired) electrons. The first-order chi connectivity index (χ1) is 8.31. The third-order valence-corrected chi connectivity index (χ3v) is 2.52. The molecule has 98 valence electrons. The van der Waals surface area contributed by atoms with Crippen molar-refractivity contribution in [2.45, 2.75) is 26.4 Å². The smallest absolute Gasteiger partial charge is 0.141 e. The molecule has 0 atom stereocenters. The van der Waals surface area contributed by atoms with Crippen LogP contribution >= 0.6 is 0 Å². The third-order valence-electron chi connectivity index (χ3n) is 2.52. The first-order valence-corrected chi connectivity index (χ1v) is 6.00. The highest BCUT2D eigenvalue weighted by Gasteiger charge is 2.10. The van der Waals surface area contributed by atoms with E-state index in [1.54, 1.807) is 13.4 Å². The van der Waals surface area contributed by atoms with E-state index in [0.29, 0.717) is 19.7 Å². The summed E-state index contributed by atoms with van der Waals surface area (Å²) in [5, 5.41) is 13.2. The zero-order chi connectivity index (χ0) is 12.5. The second-order valence-electron chi connectivity index (χ2n) is 3.89. The zero-order valence-corrected chi connectivity index (χ0v) is 10.7. The third kappa shape index (κ3) is 4.80. The number of aromatic nitrogens is 3. The van der Waals surface area contributed by atoms with Crippen LogP contribution in [0.3, 0.4) is 0 Å². The van der Waals surface area contributed by atoms with Gasteiger partial charge in [-0.25, -0.2) is 9.67 Å². The Bertz CT molecular complexity index is 303. The van der Waals surface area contributed by atoms with Crippen LogP contribution in [0.5, 0.6) is 0 Å². The Balaban J connectivity index is 2.54. The summed E-state index contributed by atoms with van der Waals surface area (Å²) in [6.45, 7) is 5.91. The minimum Gasteiger partial charge on any atom is -0.395 e. The van der Waals surface area contributed by atoms with Crippen LogP contribution in [0.25, 0.3) is 0 Å². The molecule has 0 bridgehead atoms. The minimum absolute atomic E-state index is 0.144. The number of nitrogens with zero attached hydrogens (tertiary/aromatic N) is 4. The van der Waals surface area contributed by atoms with Crippen molar-refractivity contribution in [1.29, 1.82) is 0 Å². The Labute approximate surface area is 102 Å². The summed E-state index contributed by atoms with van der Waals surface area (Å²) in [4.78, 5) is 6.36. The second kappa shape index (κ2) is 8.16. The Morgan fingerprint density at radius 1 is 1.47 bits per heavy atom. The first-order valence-electron chi connectivity index (χ1n) is 6.00. The van der Waals surface area contributed by atoms with Gasteiger partial charge in [-0.05, 0) is 6.42 Å². The molecule has 0 aliphatic heterocycles. The van der Waals surface area contributed by atoms with Crippen LogP contribution in [0.15, 0.2) is 6.33 Å². The quantitative estimate of drug-likeness (QED) is 0.667. The van der Waals surface area contributed by atoms with E-state index in [0.717, 1.165) is 25.3 Å². The average Bonchev–Trinajstić information content (AvgIpc) is 2.74. The van der Waals surface area contributed by atoms with E-state index in [4.69, 9.17) is 9.84 Å². The van der Waals surface area contributed by atoms with Gasteiger partial charge in [0.1, 0.15) is 12.2 Å². The van der Waals surface area contributed by atoms with Gasteiger partial charge in [0.15, 0.2) is 0 Å². The fourth-order valence-electron chi connectivity index (χ4n) is 1.64. The lowest BCUT2D eigenvalue weighted by molar-refractivity contribution is 0.124. The molecule has 0 aromatic carbocycles. The van der Waals surface area contributed by atoms with Gasteiger partial charge in [-0.3, -0.25) is 4.90 Å². The fourth-order valence-corrected chi connectivity index (χ4v) is 1.64. The summed E-state index contributed by atoms with van der Waals surface area (Å²) >= 11 is 0. The summed E-state index contributed by atoms with van der Waals surface area (Å²) in [5.41, 5.74) is 0. The standard InChI is InChI=1S/C11H22N4O2/c1-3-4-15-11(12-10-13-15)9-14(5-7-16)6-8-17-2/h10,16H,3-9H2,1-2H3. The van der Waals surface area contributed by atoms with Crippen LogP contribution < -0.4 is 0 Å². The van der Waals surface area contributed by atoms with E-state index in [1.807, 2.05) is 4.68 Å². The first kappa shape index (κ1) is 14.1. The predicted octanol–water partition coefficient (Wildman–Crippen LogP) is 0.129. The molecule has 0 fully saturated rings. The number of aryl methyl sites for hydroxylation is 1. The minimum atomic E-state index is 0.144. The van der Waals surface area contributed by atoms with E-state index < -0.39 is 0 Å². The lowest BCUT2D eigenvalue weighted by atomic mass is 10.4. The van der Waals surface area contributed by atoms with Crippen molar-refractivity contribution in [3.05, 3.63) is 12.2 Å². The van der Waals surface area contributed by atoms with Crippen molar-refractivity contribution < 1.29 is 9.84 Å². The highest BCUT2D eigenvalue weighted by molar-refractivity contribution is 4.84. The fraction of sp³-hybridized carbons (Fsp3) is 0.818. The van der Waals surface area contributed by atoms with Crippen LogP contribution in [0.4, 0.5) is 0 Å². The topological polar surface area (TPSA) is 63.4 Å². The Morgan fingerprint density at radius 3 is 2.94 bits per heavy atom. The van der Waals surface area contributed by atoms with Crippen molar-refractivity contribution in [2.24, 2.45) is 0 Å². The molecule has 1 heterocycles. The van der Waals surface area contributed by atoms with Gasteiger partial charge in [0.25, 0.3) is 0 Å². The molecule has 0 amide bonds. The number of rotatable bonds is 9. The maximum Gasteiger partial charge on any atom is 0.141 e. The van der Waals surface area contributed by atoms with Crippen molar-refractivity contribution in [3.63, 3.8) is 0 Å². The number of hydrogen-bond acceptors (Lipinski definition) is 5. The highest BCUT2D eigenvalue weighted by atomic mass is 16.5. The van der Waals surface area contributed by atoms with Crippen molar-refractivity contribution >= 4 is 0 Å². The van der Waals surface area contributed by atoms with E-state index in [9.17, 15) is 0 Å². The lowest BCUT2D eigenvalue weighted by Gasteiger charge is -2.20. The molecule has 6 nitrogen and oxygen atoms in total. The molecule has 0 unspecified atom stereocenters. The van der Waals surface area contributed by atoms with Gasteiger partial charge in [-0.15, -0.1) is 0 Å². The number of aliphatic hydroxyl groups excluding tert-OH is 1. The van der Waals surface area contributed by atoms with E-state index >= 15 is 0 Å². The Morgan fingerprint density at radius 2 is 2.29 bits per heavy atom. The monoisotopic (exact) mass is 242 g/mol. The normalized spacial score (nSPS) is 11.3. The van der Waals surface area contributed by atoms with Gasteiger partial charge in [0.2, 0.25) is 0 Å². The predicted molar refractivity (Wildman–Crippen MR) is 64.6 cm³/mol. The van der Waals surface area contributed by atoms with Crippen LogP contribution in [-0.2, 0) is 17.8 Å². The highest BCUT2D eigenvalue weighted by Crippen LogP contribution is 2.02. The molecule has 0 spiro atoms. The summed E-state index contributed by atoms with van der Waals surface area (Å²) in [6, 6.07) is 0. The molecule has 0 aliphatic carbocycles. The maximum atomic E-state index is 9.01. The molecular weight excluding hydrogens is 220 g/mol. The molecule has 1 N–H and O–H groups in total. The van der Waals surface area contributed by atoms with Crippen LogP contribution in [0.1, 0.15) is 19.2 Å². The number of methoxy groups -OCH3 is 1. The molecule has 17 heavy (non-hydrogen) atoms. The second-order valence-corrected chi connectivity index (χ2v) is 3.89. The molecule has 1 aromatic rings. The van der Waals surface area contributed by atoms with Gasteiger partial charge >= 0.3 is 0 Å². The van der Waals surface area contributed by atoms with E-state index in [2.05, 4.69) is 21.9 Å². The zero-order valence-electron chi connectivity index (χ0n) is 10.7. The molecule has 0 aliphatic rings. The molecule has 0 saturated heterocycles. The van der Waals surface area contributed by atoms with Crippen molar-refractivity contribution in [2.75, 3.05) is 33.4 Å². The van der Waals surface area contributed by atoms with Crippen molar-refractivity contribution in [1.82, 2.24) is 19.7 Å². The molecule has 1 aromatic heterocycles. The molecule has 1 rings (SSSR count). The Hall–Kier alpha value is -0.980. The SMILES string of the molecule is CCCn1ncnc1CN(CCO)CCOC. The summed E-state index contributed by atoms with van der Waals surface area (Å²) in [5.74, 6) is 0.941.